The molecule has 1 fully saturated rings. The van der Waals surface area contributed by atoms with E-state index in [-0.39, 0.29) is 23.5 Å². The number of terminal acetylenes is 1. The second kappa shape index (κ2) is 10.3. The summed E-state index contributed by atoms with van der Waals surface area (Å²) in [7, 11) is -3.68. The molecule has 0 saturated carbocycles. The molecule has 0 spiro atoms. The standard InChI is InChI=1S/C23H26N2O5S/c1-3-15-24-31(27,28)20-11-9-18(10-12-20)23(26)25-16-13-19(14-17-25)30-22-8-6-5-7-21(22)29-4-2/h1,5-12,19,24H,4,13-17H2,2H3. The maximum absolute atomic E-state index is 12.8. The van der Waals surface area contributed by atoms with Crippen LogP contribution in [-0.2, 0) is 10.0 Å². The highest BCUT2D eigenvalue weighted by molar-refractivity contribution is 7.89. The average molecular weight is 443 g/mol. The average Bonchev–Trinajstić information content (AvgIpc) is 2.79. The molecule has 2 aromatic rings. The lowest BCUT2D eigenvalue weighted by atomic mass is 10.1. The number of para-hydroxylation sites is 2. The number of nitrogens with zero attached hydrogens (tertiary/aromatic N) is 1. The van der Waals surface area contributed by atoms with Gasteiger partial charge in [-0.05, 0) is 43.3 Å². The second-order valence-corrected chi connectivity index (χ2v) is 8.81. The number of likely N-dealkylation sites (tertiary alicyclic amines) is 1. The highest BCUT2D eigenvalue weighted by Crippen LogP contribution is 2.29. The lowest BCUT2D eigenvalue weighted by molar-refractivity contribution is 0.0589. The Labute approximate surface area is 183 Å². The normalized spacial score (nSPS) is 14.6. The molecule has 0 radical (unpaired) electrons. The first-order valence-electron chi connectivity index (χ1n) is 10.2. The van der Waals surface area contributed by atoms with Crippen molar-refractivity contribution in [2.24, 2.45) is 0 Å². The third kappa shape index (κ3) is 5.78. The van der Waals surface area contributed by atoms with E-state index in [0.29, 0.717) is 43.9 Å². The van der Waals surface area contributed by atoms with Gasteiger partial charge >= 0.3 is 0 Å². The van der Waals surface area contributed by atoms with Gasteiger partial charge in [-0.2, -0.15) is 4.72 Å². The van der Waals surface area contributed by atoms with Gasteiger partial charge in [-0.15, -0.1) is 6.42 Å². The smallest absolute Gasteiger partial charge is 0.253 e. The minimum atomic E-state index is -3.68. The van der Waals surface area contributed by atoms with E-state index >= 15 is 0 Å². The van der Waals surface area contributed by atoms with Gasteiger partial charge in [0.15, 0.2) is 11.5 Å². The van der Waals surface area contributed by atoms with Gasteiger partial charge in [-0.1, -0.05) is 18.1 Å². The first-order valence-corrected chi connectivity index (χ1v) is 11.6. The quantitative estimate of drug-likeness (QED) is 0.636. The highest BCUT2D eigenvalue weighted by atomic mass is 32.2. The van der Waals surface area contributed by atoms with Crippen molar-refractivity contribution >= 4 is 15.9 Å². The van der Waals surface area contributed by atoms with Crippen LogP contribution in [0.3, 0.4) is 0 Å². The maximum atomic E-state index is 12.8. The van der Waals surface area contributed by atoms with Crippen molar-refractivity contribution < 1.29 is 22.7 Å². The van der Waals surface area contributed by atoms with Gasteiger partial charge in [-0.25, -0.2) is 8.42 Å². The van der Waals surface area contributed by atoms with E-state index in [1.165, 1.54) is 24.3 Å². The summed E-state index contributed by atoms with van der Waals surface area (Å²) in [5.41, 5.74) is 0.442. The summed E-state index contributed by atoms with van der Waals surface area (Å²) in [6.07, 6.45) is 6.50. The summed E-state index contributed by atoms with van der Waals surface area (Å²) in [5.74, 6) is 3.53. The Morgan fingerprint density at radius 1 is 1.13 bits per heavy atom. The number of rotatable bonds is 8. The lowest BCUT2D eigenvalue weighted by Gasteiger charge is -2.32. The monoisotopic (exact) mass is 442 g/mol. The first-order chi connectivity index (χ1) is 14.9. The zero-order valence-corrected chi connectivity index (χ0v) is 18.2. The van der Waals surface area contributed by atoms with Crippen LogP contribution in [0.1, 0.15) is 30.1 Å². The third-order valence-electron chi connectivity index (χ3n) is 4.95. The molecule has 0 aromatic heterocycles. The van der Waals surface area contributed by atoms with E-state index in [1.54, 1.807) is 4.90 Å². The molecule has 0 atom stereocenters. The molecule has 0 aliphatic carbocycles. The predicted octanol–water partition coefficient (Wildman–Crippen LogP) is 2.68. The summed E-state index contributed by atoms with van der Waals surface area (Å²) < 4.78 is 38.2. The number of nitrogens with one attached hydrogen (secondary N) is 1. The Morgan fingerprint density at radius 2 is 1.77 bits per heavy atom. The molecule has 3 rings (SSSR count). The molecular formula is C23H26N2O5S. The molecule has 1 heterocycles. The number of benzene rings is 2. The van der Waals surface area contributed by atoms with Crippen LogP contribution in [0.15, 0.2) is 53.4 Å². The zero-order valence-electron chi connectivity index (χ0n) is 17.4. The summed E-state index contributed by atoms with van der Waals surface area (Å²) in [4.78, 5) is 14.6. The zero-order chi connectivity index (χ0) is 22.3. The molecule has 1 aliphatic rings. The van der Waals surface area contributed by atoms with Crippen molar-refractivity contribution in [3.63, 3.8) is 0 Å². The van der Waals surface area contributed by atoms with Crippen molar-refractivity contribution in [3.8, 4) is 23.8 Å². The molecule has 1 N–H and O–H groups in total. The number of hydrogen-bond acceptors (Lipinski definition) is 5. The van der Waals surface area contributed by atoms with Crippen molar-refractivity contribution in [2.45, 2.75) is 30.8 Å². The van der Waals surface area contributed by atoms with Crippen LogP contribution in [0.4, 0.5) is 0 Å². The van der Waals surface area contributed by atoms with E-state index in [0.717, 1.165) is 5.75 Å². The van der Waals surface area contributed by atoms with Crippen molar-refractivity contribution in [1.82, 2.24) is 9.62 Å². The van der Waals surface area contributed by atoms with Gasteiger partial charge in [0.25, 0.3) is 5.91 Å². The van der Waals surface area contributed by atoms with Crippen LogP contribution >= 0.6 is 0 Å². The van der Waals surface area contributed by atoms with Crippen LogP contribution in [-0.4, -0.2) is 51.6 Å². The van der Waals surface area contributed by atoms with Crippen LogP contribution < -0.4 is 14.2 Å². The fraction of sp³-hybridized carbons (Fsp3) is 0.348. The van der Waals surface area contributed by atoms with E-state index in [1.807, 2.05) is 31.2 Å². The molecule has 164 valence electrons. The van der Waals surface area contributed by atoms with Crippen LogP contribution in [0.25, 0.3) is 0 Å². The van der Waals surface area contributed by atoms with Gasteiger partial charge in [0.1, 0.15) is 6.10 Å². The summed E-state index contributed by atoms with van der Waals surface area (Å²) in [6.45, 7) is 3.52. The van der Waals surface area contributed by atoms with Crippen molar-refractivity contribution in [2.75, 3.05) is 26.2 Å². The molecule has 1 aliphatic heterocycles. The number of carbonyl (C=O) groups excluding carboxylic acids is 1. The molecule has 31 heavy (non-hydrogen) atoms. The van der Waals surface area contributed by atoms with E-state index in [9.17, 15) is 13.2 Å². The molecule has 0 unspecified atom stereocenters. The molecule has 0 bridgehead atoms. The Balaban J connectivity index is 1.57. The summed E-state index contributed by atoms with van der Waals surface area (Å²) >= 11 is 0. The minimum Gasteiger partial charge on any atom is -0.490 e. The predicted molar refractivity (Wildman–Crippen MR) is 118 cm³/mol. The van der Waals surface area contributed by atoms with Crippen LogP contribution in [0.5, 0.6) is 11.5 Å². The lowest BCUT2D eigenvalue weighted by Crippen LogP contribution is -2.41. The molecule has 2 aromatic carbocycles. The van der Waals surface area contributed by atoms with E-state index in [2.05, 4.69) is 10.6 Å². The Bertz CT molecular complexity index is 1040. The summed E-state index contributed by atoms with van der Waals surface area (Å²) in [6, 6.07) is 13.4. The Hall–Kier alpha value is -3.02. The maximum Gasteiger partial charge on any atom is 0.253 e. The molecule has 8 heteroatoms. The first kappa shape index (κ1) is 22.7. The van der Waals surface area contributed by atoms with Gasteiger partial charge in [0.05, 0.1) is 18.0 Å². The van der Waals surface area contributed by atoms with Crippen molar-refractivity contribution in [1.29, 1.82) is 0 Å². The Morgan fingerprint density at radius 3 is 2.39 bits per heavy atom. The highest BCUT2D eigenvalue weighted by Gasteiger charge is 2.25. The van der Waals surface area contributed by atoms with Gasteiger partial charge in [0.2, 0.25) is 10.0 Å². The molecular weight excluding hydrogens is 416 g/mol. The number of amides is 1. The Kier molecular flexibility index (Phi) is 7.55. The largest absolute Gasteiger partial charge is 0.490 e. The van der Waals surface area contributed by atoms with Crippen LogP contribution in [0.2, 0.25) is 0 Å². The number of sulfonamides is 1. The molecule has 7 nitrogen and oxygen atoms in total. The van der Waals surface area contributed by atoms with Crippen molar-refractivity contribution in [3.05, 3.63) is 54.1 Å². The molecule has 1 saturated heterocycles. The van der Waals surface area contributed by atoms with E-state index < -0.39 is 10.0 Å². The van der Waals surface area contributed by atoms with Gasteiger partial charge in [0, 0.05) is 31.5 Å². The number of carbonyl (C=O) groups is 1. The number of ether oxygens (including phenoxy) is 2. The molecule has 1 amide bonds. The number of piperidine rings is 1. The van der Waals surface area contributed by atoms with Gasteiger partial charge < -0.3 is 14.4 Å². The van der Waals surface area contributed by atoms with Crippen LogP contribution in [0, 0.1) is 12.3 Å². The SMILES string of the molecule is C#CCNS(=O)(=O)c1ccc(C(=O)N2CCC(Oc3ccccc3OCC)CC2)cc1. The fourth-order valence-corrected chi connectivity index (χ4v) is 4.29. The number of hydrogen-bond donors (Lipinski definition) is 1. The minimum absolute atomic E-state index is 0.000374. The fourth-order valence-electron chi connectivity index (χ4n) is 3.36. The summed E-state index contributed by atoms with van der Waals surface area (Å²) in [5, 5.41) is 0. The second-order valence-electron chi connectivity index (χ2n) is 7.04. The van der Waals surface area contributed by atoms with E-state index in [4.69, 9.17) is 15.9 Å². The van der Waals surface area contributed by atoms with Gasteiger partial charge in [-0.3, -0.25) is 4.79 Å². The topological polar surface area (TPSA) is 84.9 Å². The third-order valence-corrected chi connectivity index (χ3v) is 6.36.